The predicted molar refractivity (Wildman–Crippen MR) is 233 cm³/mol. The van der Waals surface area contributed by atoms with Crippen LogP contribution in [0.5, 0.6) is 0 Å². The monoisotopic (exact) mass is 682 g/mol. The molecule has 0 bridgehead atoms. The van der Waals surface area contributed by atoms with Crippen molar-refractivity contribution in [3.63, 3.8) is 0 Å². The molecule has 0 aliphatic rings. The Kier molecular flexibility index (Phi) is 6.97. The minimum absolute atomic E-state index is 1.23. The van der Waals surface area contributed by atoms with Crippen molar-refractivity contribution < 1.29 is 0 Å². The van der Waals surface area contributed by atoms with Gasteiger partial charge in [-0.05, 0) is 133 Å². The van der Waals surface area contributed by atoms with Crippen LogP contribution in [0, 0.1) is 0 Å². The van der Waals surface area contributed by atoms with Crippen LogP contribution in [-0.4, -0.2) is 0 Å². The Morgan fingerprint density at radius 3 is 1.37 bits per heavy atom. The van der Waals surface area contributed by atoms with Crippen LogP contribution in [0.2, 0.25) is 0 Å². The Bertz CT molecular complexity index is 3200. The molecule has 0 heterocycles. The van der Waals surface area contributed by atoms with Crippen LogP contribution in [0.15, 0.2) is 206 Å². The highest BCUT2D eigenvalue weighted by atomic mass is 14.2. The summed E-state index contributed by atoms with van der Waals surface area (Å²) in [6.07, 6.45) is 0. The molecule has 0 heteroatoms. The molecule has 0 nitrogen and oxygen atoms in total. The van der Waals surface area contributed by atoms with Gasteiger partial charge in [-0.25, -0.2) is 0 Å². The highest BCUT2D eigenvalue weighted by Gasteiger charge is 2.18. The zero-order valence-electron chi connectivity index (χ0n) is 29.6. The van der Waals surface area contributed by atoms with E-state index in [4.69, 9.17) is 0 Å². The van der Waals surface area contributed by atoms with Crippen LogP contribution >= 0.6 is 0 Å². The third-order valence-electron chi connectivity index (χ3n) is 11.4. The van der Waals surface area contributed by atoms with E-state index in [2.05, 4.69) is 206 Å². The number of benzene rings is 11. The summed E-state index contributed by atoms with van der Waals surface area (Å²) in [7, 11) is 0. The SMILES string of the molecule is c1ccc(-c2cccc(-c3c4ccccc4c(-c4ccc5ccc(-c6cc7c8ccccc8ccc7c7ccccc67)cc5c4)c4ccccc34)c2)cc1. The van der Waals surface area contributed by atoms with E-state index in [0.717, 1.165) is 0 Å². The van der Waals surface area contributed by atoms with Crippen LogP contribution < -0.4 is 0 Å². The van der Waals surface area contributed by atoms with Gasteiger partial charge < -0.3 is 0 Å². The number of rotatable bonds is 4. The molecule has 0 atom stereocenters. The quantitative estimate of drug-likeness (QED) is 0.128. The van der Waals surface area contributed by atoms with Crippen molar-refractivity contribution in [2.24, 2.45) is 0 Å². The molecule has 0 amide bonds. The van der Waals surface area contributed by atoms with Gasteiger partial charge in [-0.1, -0.05) is 182 Å². The summed E-state index contributed by atoms with van der Waals surface area (Å²) in [4.78, 5) is 0. The summed E-state index contributed by atoms with van der Waals surface area (Å²) in [5, 5.41) is 15.2. The zero-order valence-corrected chi connectivity index (χ0v) is 29.6. The molecule has 0 aliphatic carbocycles. The molecule has 54 heavy (non-hydrogen) atoms. The van der Waals surface area contributed by atoms with Crippen LogP contribution in [0.4, 0.5) is 0 Å². The van der Waals surface area contributed by atoms with Crippen molar-refractivity contribution >= 4 is 64.6 Å². The Balaban J connectivity index is 1.12. The maximum atomic E-state index is 2.41. The highest BCUT2D eigenvalue weighted by Crippen LogP contribution is 2.45. The number of fused-ring (bicyclic) bond motifs is 8. The van der Waals surface area contributed by atoms with E-state index in [-0.39, 0.29) is 0 Å². The first kappa shape index (κ1) is 30.6. The fourth-order valence-electron chi connectivity index (χ4n) is 8.90. The number of hydrogen-bond donors (Lipinski definition) is 0. The largest absolute Gasteiger partial charge is 0.0622 e. The van der Waals surface area contributed by atoms with Gasteiger partial charge in [0.15, 0.2) is 0 Å². The third kappa shape index (κ3) is 4.85. The van der Waals surface area contributed by atoms with Gasteiger partial charge in [-0.15, -0.1) is 0 Å². The standard InChI is InChI=1S/C54H34/c1-2-13-35(14-3-1)38-16-12-17-40(31-38)53-47-21-8-10-23-49(47)54(50-24-11-9-22-48(50)53)41-28-26-36-25-27-39(32-42(36)33-41)51-34-52-43-18-5-4-15-37(43)29-30-46(52)44-19-6-7-20-45(44)51/h1-34H. The van der Waals surface area contributed by atoms with Crippen LogP contribution in [0.3, 0.4) is 0 Å². The fourth-order valence-corrected chi connectivity index (χ4v) is 8.90. The maximum Gasteiger partial charge on any atom is -0.00262 e. The van der Waals surface area contributed by atoms with E-state index >= 15 is 0 Å². The van der Waals surface area contributed by atoms with Crippen molar-refractivity contribution in [3.8, 4) is 44.5 Å². The van der Waals surface area contributed by atoms with Crippen LogP contribution in [0.25, 0.3) is 109 Å². The summed E-state index contributed by atoms with van der Waals surface area (Å²) in [6.45, 7) is 0. The van der Waals surface area contributed by atoms with E-state index in [1.165, 1.54) is 109 Å². The average molecular weight is 683 g/mol. The Morgan fingerprint density at radius 2 is 0.667 bits per heavy atom. The van der Waals surface area contributed by atoms with Gasteiger partial charge in [-0.3, -0.25) is 0 Å². The molecular formula is C54H34. The molecule has 0 saturated heterocycles. The van der Waals surface area contributed by atoms with Gasteiger partial charge >= 0.3 is 0 Å². The van der Waals surface area contributed by atoms with E-state index in [9.17, 15) is 0 Å². The lowest BCUT2D eigenvalue weighted by Crippen LogP contribution is -1.91. The lowest BCUT2D eigenvalue weighted by Gasteiger charge is -2.18. The second-order valence-electron chi connectivity index (χ2n) is 14.4. The van der Waals surface area contributed by atoms with Gasteiger partial charge in [0.1, 0.15) is 0 Å². The molecule has 11 aromatic carbocycles. The molecule has 0 saturated carbocycles. The molecule has 0 spiro atoms. The van der Waals surface area contributed by atoms with E-state index in [0.29, 0.717) is 0 Å². The predicted octanol–water partition coefficient (Wildman–Crippen LogP) is 15.3. The first-order valence-electron chi connectivity index (χ1n) is 18.8. The van der Waals surface area contributed by atoms with E-state index < -0.39 is 0 Å². The highest BCUT2D eigenvalue weighted by molar-refractivity contribution is 6.23. The Hall–Kier alpha value is -7.02. The summed E-state index contributed by atoms with van der Waals surface area (Å²) in [5.74, 6) is 0. The lowest BCUT2D eigenvalue weighted by atomic mass is 9.85. The molecule has 0 fully saturated rings. The average Bonchev–Trinajstić information content (AvgIpc) is 3.25. The van der Waals surface area contributed by atoms with Crippen LogP contribution in [-0.2, 0) is 0 Å². The first-order valence-corrected chi connectivity index (χ1v) is 18.8. The zero-order chi connectivity index (χ0) is 35.6. The molecule has 0 aliphatic heterocycles. The van der Waals surface area contributed by atoms with E-state index in [1.807, 2.05) is 0 Å². The van der Waals surface area contributed by atoms with Crippen molar-refractivity contribution in [3.05, 3.63) is 206 Å². The van der Waals surface area contributed by atoms with Crippen molar-refractivity contribution in [2.75, 3.05) is 0 Å². The van der Waals surface area contributed by atoms with Crippen LogP contribution in [0.1, 0.15) is 0 Å². The van der Waals surface area contributed by atoms with Crippen molar-refractivity contribution in [2.45, 2.75) is 0 Å². The summed E-state index contributed by atoms with van der Waals surface area (Å²) >= 11 is 0. The molecule has 11 rings (SSSR count). The van der Waals surface area contributed by atoms with Gasteiger partial charge in [-0.2, -0.15) is 0 Å². The second-order valence-corrected chi connectivity index (χ2v) is 14.4. The van der Waals surface area contributed by atoms with E-state index in [1.54, 1.807) is 0 Å². The van der Waals surface area contributed by atoms with Crippen molar-refractivity contribution in [1.29, 1.82) is 0 Å². The molecule has 11 aromatic rings. The summed E-state index contributed by atoms with van der Waals surface area (Å²) in [6, 6.07) is 76.1. The molecule has 0 aromatic heterocycles. The maximum absolute atomic E-state index is 2.41. The van der Waals surface area contributed by atoms with Gasteiger partial charge in [0, 0.05) is 0 Å². The minimum atomic E-state index is 1.23. The molecule has 0 N–H and O–H groups in total. The smallest absolute Gasteiger partial charge is 0.00262 e. The summed E-state index contributed by atoms with van der Waals surface area (Å²) in [5.41, 5.74) is 9.96. The Morgan fingerprint density at radius 1 is 0.185 bits per heavy atom. The molecule has 0 unspecified atom stereocenters. The van der Waals surface area contributed by atoms with Crippen molar-refractivity contribution in [1.82, 2.24) is 0 Å². The second kappa shape index (κ2) is 12.3. The molecule has 0 radical (unpaired) electrons. The molecule has 250 valence electrons. The Labute approximate surface area is 314 Å². The first-order chi connectivity index (χ1) is 26.8. The fraction of sp³-hybridized carbons (Fsp3) is 0. The normalized spacial score (nSPS) is 11.7. The minimum Gasteiger partial charge on any atom is -0.0622 e. The van der Waals surface area contributed by atoms with Gasteiger partial charge in [0.2, 0.25) is 0 Å². The lowest BCUT2D eigenvalue weighted by molar-refractivity contribution is 1.61. The third-order valence-corrected chi connectivity index (χ3v) is 11.4. The van der Waals surface area contributed by atoms with Gasteiger partial charge in [0.05, 0.1) is 0 Å². The molecular weight excluding hydrogens is 649 g/mol. The number of hydrogen-bond acceptors (Lipinski definition) is 0. The van der Waals surface area contributed by atoms with Gasteiger partial charge in [0.25, 0.3) is 0 Å². The summed E-state index contributed by atoms with van der Waals surface area (Å²) < 4.78 is 0. The topological polar surface area (TPSA) is 0 Å².